The van der Waals surface area contributed by atoms with Crippen molar-refractivity contribution >= 4 is 27.7 Å². The molecule has 0 radical (unpaired) electrons. The summed E-state index contributed by atoms with van der Waals surface area (Å²) in [4.78, 5) is 33.5. The van der Waals surface area contributed by atoms with Crippen molar-refractivity contribution in [3.05, 3.63) is 89.1 Å². The van der Waals surface area contributed by atoms with Gasteiger partial charge in [-0.25, -0.2) is 23.1 Å². The lowest BCUT2D eigenvalue weighted by Gasteiger charge is -2.48. The number of aromatic nitrogens is 3. The van der Waals surface area contributed by atoms with Crippen molar-refractivity contribution < 1.29 is 19.4 Å². The molecule has 1 amide bonds. The van der Waals surface area contributed by atoms with Crippen molar-refractivity contribution in [1.82, 2.24) is 19.9 Å². The van der Waals surface area contributed by atoms with Crippen LogP contribution in [0.25, 0.3) is 11.3 Å². The van der Waals surface area contributed by atoms with E-state index in [0.717, 1.165) is 41.0 Å². The fourth-order valence-corrected chi connectivity index (χ4v) is 9.57. The Bertz CT molecular complexity index is 2110. The van der Waals surface area contributed by atoms with E-state index in [1.165, 1.54) is 37.8 Å². The third-order valence-corrected chi connectivity index (χ3v) is 13.1. The monoisotopic (exact) mass is 722 g/mol. The third-order valence-electron chi connectivity index (χ3n) is 11.8. The van der Waals surface area contributed by atoms with Crippen LogP contribution < -0.4 is 14.4 Å². The summed E-state index contributed by atoms with van der Waals surface area (Å²) < 4.78 is 36.7. The standard InChI is InChI=1S/C41H48N6O4S.H2/c1-25(2)19-29-24-51-37-21-34(38-26(3)9-6-10-27(38)4)43-40(44-37)45-52(49,50)31-12-7-11-28(20-31)39(48)47(29)35-16-15-32(35)33-13-8-14-36(42-33)46(5)30-22-41(23-30)17-18-41;/h6-14,20-21,25,29-30,32,35H,15-19,22-24H2,1-5H3,(H,43,44,45);1H/t29-,32?,35?;/m1./s1. The highest BCUT2D eigenvalue weighted by molar-refractivity contribution is 7.92. The molecule has 3 saturated carbocycles. The molecule has 3 atom stereocenters. The van der Waals surface area contributed by atoms with E-state index in [1.807, 2.05) is 36.9 Å². The van der Waals surface area contributed by atoms with Crippen LogP contribution in [0.15, 0.2) is 71.6 Å². The molecule has 2 aromatic heterocycles. The van der Waals surface area contributed by atoms with E-state index in [4.69, 9.17) is 9.72 Å². The van der Waals surface area contributed by atoms with E-state index in [2.05, 4.69) is 58.7 Å². The maximum absolute atomic E-state index is 14.8. The summed E-state index contributed by atoms with van der Waals surface area (Å²) in [6, 6.07) is 20.4. The topological polar surface area (TPSA) is 118 Å². The summed E-state index contributed by atoms with van der Waals surface area (Å²) in [6.45, 7) is 8.47. The maximum Gasteiger partial charge on any atom is 0.264 e. The zero-order chi connectivity index (χ0) is 36.4. The Morgan fingerprint density at radius 2 is 1.71 bits per heavy atom. The van der Waals surface area contributed by atoms with E-state index in [0.29, 0.717) is 29.1 Å². The van der Waals surface area contributed by atoms with Gasteiger partial charge < -0.3 is 14.5 Å². The normalized spacial score (nSPS) is 23.3. The van der Waals surface area contributed by atoms with Gasteiger partial charge in [-0.3, -0.25) is 4.79 Å². The number of amides is 1. The summed E-state index contributed by atoms with van der Waals surface area (Å²) >= 11 is 0. The minimum atomic E-state index is -4.15. The van der Waals surface area contributed by atoms with Gasteiger partial charge in [-0.2, -0.15) is 4.98 Å². The van der Waals surface area contributed by atoms with Crippen LogP contribution >= 0.6 is 0 Å². The number of hydrogen-bond donors (Lipinski definition) is 1. The zero-order valence-corrected chi connectivity index (χ0v) is 31.5. The summed E-state index contributed by atoms with van der Waals surface area (Å²) in [5.74, 6) is 1.20. The predicted octanol–water partition coefficient (Wildman–Crippen LogP) is 7.78. The molecular formula is C41H50N6O4S. The van der Waals surface area contributed by atoms with E-state index in [-0.39, 0.29) is 54.6 Å². The molecule has 10 nitrogen and oxygen atoms in total. The Labute approximate surface area is 308 Å². The first kappa shape index (κ1) is 34.6. The van der Waals surface area contributed by atoms with Crippen molar-refractivity contribution in [3.8, 4) is 17.1 Å². The largest absolute Gasteiger partial charge is 0.475 e. The molecule has 4 aliphatic rings. The molecule has 3 aliphatic carbocycles. The van der Waals surface area contributed by atoms with Gasteiger partial charge in [0, 0.05) is 49.4 Å². The summed E-state index contributed by atoms with van der Waals surface area (Å²) in [7, 11) is -2.00. The average molecular weight is 723 g/mol. The number of sulfonamides is 1. The fourth-order valence-electron chi connectivity index (χ4n) is 8.58. The number of anilines is 2. The lowest BCUT2D eigenvalue weighted by atomic mass is 9.75. The van der Waals surface area contributed by atoms with Gasteiger partial charge in [0.2, 0.25) is 11.8 Å². The number of rotatable bonds is 7. The van der Waals surface area contributed by atoms with Crippen LogP contribution in [0.2, 0.25) is 0 Å². The van der Waals surface area contributed by atoms with Gasteiger partial charge in [0.05, 0.1) is 16.6 Å². The molecule has 274 valence electrons. The smallest absolute Gasteiger partial charge is 0.264 e. The number of ether oxygens (including phenoxy) is 1. The molecule has 3 heterocycles. The molecule has 11 heteroatoms. The van der Waals surface area contributed by atoms with Crippen molar-refractivity contribution in [2.24, 2.45) is 11.3 Å². The fraction of sp³-hybridized carbons (Fsp3) is 0.463. The second-order valence-electron chi connectivity index (χ2n) is 16.0. The zero-order valence-electron chi connectivity index (χ0n) is 30.7. The number of aryl methyl sites for hydroxylation is 2. The molecule has 0 saturated heterocycles. The highest BCUT2D eigenvalue weighted by Crippen LogP contribution is 2.62. The second kappa shape index (κ2) is 13.2. The number of benzene rings is 2. The Balaban J connectivity index is 0.00000435. The number of nitrogens with one attached hydrogen (secondary N) is 1. The molecule has 1 N–H and O–H groups in total. The van der Waals surface area contributed by atoms with Gasteiger partial charge in [0.25, 0.3) is 15.9 Å². The van der Waals surface area contributed by atoms with E-state index < -0.39 is 10.0 Å². The van der Waals surface area contributed by atoms with E-state index in [1.54, 1.807) is 18.2 Å². The van der Waals surface area contributed by atoms with Crippen LogP contribution in [0, 0.1) is 25.2 Å². The first-order valence-corrected chi connectivity index (χ1v) is 20.1. The molecular weight excluding hydrogens is 673 g/mol. The molecule has 2 aromatic carbocycles. The van der Waals surface area contributed by atoms with Crippen LogP contribution in [-0.4, -0.2) is 66.0 Å². The van der Waals surface area contributed by atoms with Crippen molar-refractivity contribution in [1.29, 1.82) is 0 Å². The molecule has 4 bridgehead atoms. The van der Waals surface area contributed by atoms with Crippen LogP contribution in [0.3, 0.4) is 0 Å². The second-order valence-corrected chi connectivity index (χ2v) is 17.6. The van der Waals surface area contributed by atoms with Crippen LogP contribution in [0.5, 0.6) is 5.88 Å². The first-order chi connectivity index (χ1) is 24.9. The van der Waals surface area contributed by atoms with Gasteiger partial charge >= 0.3 is 0 Å². The SMILES string of the molecule is Cc1cccc(C)c1-c1cc2nc(n1)NS(=O)(=O)c1cccc(c1)C(=O)N(C1CCC1c1cccc(N(C)C3CC4(CC4)C3)n1)[C@H](CC(C)C)CO2.[HH]. The molecule has 4 aromatic rings. The first-order valence-electron chi connectivity index (χ1n) is 18.6. The number of carbonyl (C=O) groups excluding carboxylic acids is 1. The lowest BCUT2D eigenvalue weighted by Crippen LogP contribution is -2.55. The average Bonchev–Trinajstić information content (AvgIpc) is 3.88. The van der Waals surface area contributed by atoms with Gasteiger partial charge in [-0.15, -0.1) is 0 Å². The lowest BCUT2D eigenvalue weighted by molar-refractivity contribution is 0.0210. The summed E-state index contributed by atoms with van der Waals surface area (Å²) in [5, 5.41) is 0. The minimum absolute atomic E-state index is 0. The van der Waals surface area contributed by atoms with Crippen LogP contribution in [-0.2, 0) is 10.0 Å². The Hall–Kier alpha value is -4.51. The van der Waals surface area contributed by atoms with Gasteiger partial charge in [0.1, 0.15) is 12.4 Å². The van der Waals surface area contributed by atoms with Gasteiger partial charge in [0.15, 0.2) is 0 Å². The Morgan fingerprint density at radius 3 is 2.40 bits per heavy atom. The molecule has 3 fully saturated rings. The Kier molecular flexibility index (Phi) is 8.75. The molecule has 2 unspecified atom stereocenters. The van der Waals surface area contributed by atoms with E-state index >= 15 is 0 Å². The minimum Gasteiger partial charge on any atom is -0.475 e. The van der Waals surface area contributed by atoms with Gasteiger partial charge in [-0.1, -0.05) is 44.2 Å². The van der Waals surface area contributed by atoms with E-state index in [9.17, 15) is 13.2 Å². The quantitative estimate of drug-likeness (QED) is 0.206. The van der Waals surface area contributed by atoms with Crippen molar-refractivity contribution in [2.45, 2.75) is 102 Å². The molecule has 52 heavy (non-hydrogen) atoms. The summed E-state index contributed by atoms with van der Waals surface area (Å²) in [5.41, 5.74) is 5.34. The Morgan fingerprint density at radius 1 is 0.981 bits per heavy atom. The highest BCUT2D eigenvalue weighted by atomic mass is 32.2. The molecule has 8 rings (SSSR count). The number of carbonyl (C=O) groups is 1. The van der Waals surface area contributed by atoms with Crippen LogP contribution in [0.1, 0.15) is 93.3 Å². The number of nitrogens with zero attached hydrogens (tertiary/aromatic N) is 5. The molecule has 1 spiro atoms. The van der Waals surface area contributed by atoms with Crippen molar-refractivity contribution in [3.63, 3.8) is 0 Å². The number of fused-ring (bicyclic) bond motifs is 4. The van der Waals surface area contributed by atoms with Crippen LogP contribution in [0.4, 0.5) is 11.8 Å². The highest BCUT2D eigenvalue weighted by Gasteiger charge is 2.54. The third kappa shape index (κ3) is 6.52. The predicted molar refractivity (Wildman–Crippen MR) is 204 cm³/mol. The molecule has 1 aliphatic heterocycles. The number of pyridine rings is 1. The summed E-state index contributed by atoms with van der Waals surface area (Å²) in [6.07, 6.45) is 7.60. The maximum atomic E-state index is 14.8. The number of hydrogen-bond acceptors (Lipinski definition) is 8. The van der Waals surface area contributed by atoms with Crippen molar-refractivity contribution in [2.75, 3.05) is 23.3 Å². The van der Waals surface area contributed by atoms with Gasteiger partial charge in [-0.05, 0) is 112 Å².